The normalized spacial score (nSPS) is 22.7. The second-order valence-electron chi connectivity index (χ2n) is 11.6. The molecule has 5 nitrogen and oxygen atoms in total. The smallest absolute Gasteiger partial charge is 0.240 e. The van der Waals surface area contributed by atoms with Gasteiger partial charge in [-0.1, -0.05) is 30.3 Å². The molecule has 0 amide bonds. The average molecular weight is 583 g/mol. The Labute approximate surface area is 242 Å². The Morgan fingerprint density at radius 2 is 1.56 bits per heavy atom. The lowest BCUT2D eigenvalue weighted by Gasteiger charge is -2.37. The van der Waals surface area contributed by atoms with Gasteiger partial charge in [0.15, 0.2) is 0 Å². The highest BCUT2D eigenvalue weighted by molar-refractivity contribution is 7.89. The minimum Gasteiger partial charge on any atom is -0.497 e. The number of aryl methyl sites for hydroxylation is 2. The van der Waals surface area contributed by atoms with Gasteiger partial charge in [0.05, 0.1) is 12.0 Å². The molecule has 1 fully saturated rings. The number of hydrogen-bond donors (Lipinski definition) is 2. The van der Waals surface area contributed by atoms with Gasteiger partial charge in [0, 0.05) is 24.1 Å². The average Bonchev–Trinajstić information content (AvgIpc) is 2.97. The quantitative estimate of drug-likeness (QED) is 0.295. The summed E-state index contributed by atoms with van der Waals surface area (Å²) in [5.74, 6) is 0.550. The van der Waals surface area contributed by atoms with E-state index in [1.807, 2.05) is 31.2 Å². The number of fused-ring (bicyclic) bond motifs is 1. The molecule has 0 radical (unpaired) electrons. The Kier molecular flexibility index (Phi) is 9.42. The fraction of sp³-hybridized carbons (Fsp3) is 0.455. The van der Waals surface area contributed by atoms with Crippen LogP contribution in [0, 0.1) is 30.4 Å². The summed E-state index contributed by atoms with van der Waals surface area (Å²) >= 11 is 0. The molecule has 220 valence electrons. The Morgan fingerprint density at radius 1 is 0.878 bits per heavy atom. The van der Waals surface area contributed by atoms with Crippen molar-refractivity contribution in [1.29, 1.82) is 0 Å². The van der Waals surface area contributed by atoms with E-state index in [9.17, 15) is 17.2 Å². The molecular weight excluding hydrogens is 542 g/mol. The molecule has 5 rings (SSSR count). The number of methoxy groups -OCH3 is 1. The summed E-state index contributed by atoms with van der Waals surface area (Å²) in [5.41, 5.74) is 3.19. The summed E-state index contributed by atoms with van der Waals surface area (Å²) in [4.78, 5) is 0.343. The van der Waals surface area contributed by atoms with Crippen molar-refractivity contribution in [3.05, 3.63) is 94.6 Å². The van der Waals surface area contributed by atoms with E-state index >= 15 is 0 Å². The summed E-state index contributed by atoms with van der Waals surface area (Å²) in [6.07, 6.45) is 6.06. The molecule has 0 aromatic heterocycles. The minimum absolute atomic E-state index is 0.0526. The van der Waals surface area contributed by atoms with E-state index in [0.29, 0.717) is 29.7 Å². The summed E-state index contributed by atoms with van der Waals surface area (Å²) in [7, 11) is -1.87. The summed E-state index contributed by atoms with van der Waals surface area (Å²) < 4.78 is 63.2. The van der Waals surface area contributed by atoms with Gasteiger partial charge in [0.1, 0.15) is 17.4 Å². The van der Waals surface area contributed by atoms with Gasteiger partial charge in [0.2, 0.25) is 10.0 Å². The summed E-state index contributed by atoms with van der Waals surface area (Å²) in [6.45, 7) is 3.11. The first-order valence-electron chi connectivity index (χ1n) is 14.6. The van der Waals surface area contributed by atoms with Crippen LogP contribution in [0.5, 0.6) is 5.75 Å². The van der Waals surface area contributed by atoms with Crippen LogP contribution < -0.4 is 14.8 Å². The Balaban J connectivity index is 1.19. The number of hydrogen-bond acceptors (Lipinski definition) is 4. The first-order valence-corrected chi connectivity index (χ1v) is 16.1. The number of ether oxygens (including phenoxy) is 1. The van der Waals surface area contributed by atoms with E-state index in [4.69, 9.17) is 4.74 Å². The van der Waals surface area contributed by atoms with Gasteiger partial charge in [-0.05, 0) is 117 Å². The summed E-state index contributed by atoms with van der Waals surface area (Å²) in [6, 6.07) is 17.3. The molecule has 2 atom stereocenters. The fourth-order valence-corrected chi connectivity index (χ4v) is 7.94. The Morgan fingerprint density at radius 3 is 2.24 bits per heavy atom. The molecule has 8 heteroatoms. The van der Waals surface area contributed by atoms with Gasteiger partial charge in [-0.3, -0.25) is 0 Å². The Hall–Kier alpha value is -2.81. The van der Waals surface area contributed by atoms with Crippen LogP contribution in [0.4, 0.5) is 8.78 Å². The lowest BCUT2D eigenvalue weighted by Crippen LogP contribution is -2.42. The van der Waals surface area contributed by atoms with Gasteiger partial charge >= 0.3 is 0 Å². The first-order chi connectivity index (χ1) is 19.7. The number of benzene rings is 3. The maximum absolute atomic E-state index is 14.7. The largest absolute Gasteiger partial charge is 0.497 e. The molecule has 0 saturated heterocycles. The second-order valence-corrected chi connectivity index (χ2v) is 13.4. The monoisotopic (exact) mass is 582 g/mol. The molecule has 0 spiro atoms. The maximum Gasteiger partial charge on any atom is 0.240 e. The topological polar surface area (TPSA) is 67.4 Å². The molecule has 3 aromatic carbocycles. The minimum atomic E-state index is -3.52. The van der Waals surface area contributed by atoms with E-state index in [1.165, 1.54) is 23.8 Å². The zero-order valence-electron chi connectivity index (χ0n) is 23.8. The van der Waals surface area contributed by atoms with E-state index in [2.05, 4.69) is 16.1 Å². The van der Waals surface area contributed by atoms with Crippen molar-refractivity contribution in [2.45, 2.75) is 68.7 Å². The van der Waals surface area contributed by atoms with Gasteiger partial charge in [0.25, 0.3) is 0 Å². The third kappa shape index (κ3) is 6.99. The van der Waals surface area contributed by atoms with Crippen LogP contribution in [-0.2, 0) is 22.9 Å². The molecule has 3 aromatic rings. The van der Waals surface area contributed by atoms with Crippen LogP contribution in [0.25, 0.3) is 0 Å². The predicted octanol–water partition coefficient (Wildman–Crippen LogP) is 6.30. The lowest BCUT2D eigenvalue weighted by atomic mass is 9.75. The van der Waals surface area contributed by atoms with E-state index in [1.54, 1.807) is 19.2 Å². The van der Waals surface area contributed by atoms with Crippen LogP contribution in [0.15, 0.2) is 65.6 Å². The van der Waals surface area contributed by atoms with Gasteiger partial charge in [-0.25, -0.2) is 21.9 Å². The molecule has 2 N–H and O–H groups in total. The fourth-order valence-electron chi connectivity index (χ4n) is 6.58. The van der Waals surface area contributed by atoms with Crippen molar-refractivity contribution >= 4 is 10.0 Å². The van der Waals surface area contributed by atoms with Gasteiger partial charge in [-0.15, -0.1) is 0 Å². The SMILES string of the molecule is COc1ccc2c(c1)CCC(NCC1CCC(CNS(=O)(=O)c3ccccc3C)CC1)C2Cc1c(F)cccc1F. The van der Waals surface area contributed by atoms with Crippen LogP contribution in [0.3, 0.4) is 0 Å². The first kappa shape index (κ1) is 29.7. The second kappa shape index (κ2) is 13.0. The van der Waals surface area contributed by atoms with Crippen LogP contribution in [0.1, 0.15) is 60.3 Å². The predicted molar refractivity (Wildman–Crippen MR) is 158 cm³/mol. The number of nitrogens with one attached hydrogen (secondary N) is 2. The van der Waals surface area contributed by atoms with E-state index in [-0.39, 0.29) is 17.5 Å². The van der Waals surface area contributed by atoms with Crippen molar-refractivity contribution < 1.29 is 21.9 Å². The maximum atomic E-state index is 14.7. The molecule has 0 aliphatic heterocycles. The molecular formula is C33H40F2N2O3S. The Bertz CT molecular complexity index is 1430. The highest BCUT2D eigenvalue weighted by Crippen LogP contribution is 2.38. The zero-order valence-corrected chi connectivity index (χ0v) is 24.7. The standard InChI is InChI=1S/C33H40F2N2O3S/c1-22-6-3-4-9-33(22)41(38,39)37-21-24-12-10-23(11-13-24)20-36-32-17-14-25-18-26(40-2)15-16-27(25)28(32)19-29-30(34)7-5-8-31(29)35/h3-9,15-16,18,23-24,28,32,36-37H,10-14,17,19-21H2,1-2H3. The van der Waals surface area contributed by atoms with Crippen molar-refractivity contribution in [1.82, 2.24) is 10.0 Å². The van der Waals surface area contributed by atoms with Gasteiger partial charge < -0.3 is 10.1 Å². The molecule has 0 bridgehead atoms. The number of sulfonamides is 1. The molecule has 41 heavy (non-hydrogen) atoms. The van der Waals surface area contributed by atoms with Crippen molar-refractivity contribution in [3.63, 3.8) is 0 Å². The molecule has 2 unspecified atom stereocenters. The van der Waals surface area contributed by atoms with Crippen LogP contribution in [0.2, 0.25) is 0 Å². The third-order valence-corrected chi connectivity index (χ3v) is 10.6. The molecule has 2 aliphatic carbocycles. The number of halogens is 2. The van der Waals surface area contributed by atoms with E-state index in [0.717, 1.165) is 61.9 Å². The van der Waals surface area contributed by atoms with Crippen LogP contribution >= 0.6 is 0 Å². The molecule has 1 saturated carbocycles. The van der Waals surface area contributed by atoms with Crippen molar-refractivity contribution in [2.24, 2.45) is 11.8 Å². The zero-order chi connectivity index (χ0) is 29.0. The van der Waals surface area contributed by atoms with E-state index < -0.39 is 21.7 Å². The highest BCUT2D eigenvalue weighted by Gasteiger charge is 2.32. The highest BCUT2D eigenvalue weighted by atomic mass is 32.2. The molecule has 0 heterocycles. The number of rotatable bonds is 10. The molecule has 2 aliphatic rings. The van der Waals surface area contributed by atoms with Crippen LogP contribution in [-0.4, -0.2) is 34.7 Å². The third-order valence-electron chi connectivity index (χ3n) is 9.03. The van der Waals surface area contributed by atoms with Crippen molar-refractivity contribution in [2.75, 3.05) is 20.2 Å². The van der Waals surface area contributed by atoms with Crippen molar-refractivity contribution in [3.8, 4) is 5.75 Å². The van der Waals surface area contributed by atoms with Gasteiger partial charge in [-0.2, -0.15) is 0 Å². The summed E-state index contributed by atoms with van der Waals surface area (Å²) in [5, 5.41) is 3.78. The lowest BCUT2D eigenvalue weighted by molar-refractivity contribution is 0.252.